The largest absolute Gasteiger partial charge is 0.287 e. The number of rotatable bonds is 0. The topological polar surface area (TPSA) is 60.1 Å². The molecule has 1 aliphatic rings. The second kappa shape index (κ2) is 3.56. The quantitative estimate of drug-likeness (QED) is 0.584. The van der Waals surface area contributed by atoms with E-state index in [1.807, 2.05) is 0 Å². The van der Waals surface area contributed by atoms with Crippen LogP contribution in [0.2, 0.25) is 0 Å². The molecular formula is C12H9FN4O. The van der Waals surface area contributed by atoms with Crippen LogP contribution in [0, 0.1) is 5.82 Å². The van der Waals surface area contributed by atoms with E-state index in [9.17, 15) is 9.18 Å². The Morgan fingerprint density at radius 3 is 2.78 bits per heavy atom. The highest BCUT2D eigenvalue weighted by Crippen LogP contribution is 2.32. The summed E-state index contributed by atoms with van der Waals surface area (Å²) in [4.78, 5) is 20.3. The highest BCUT2D eigenvalue weighted by Gasteiger charge is 2.30. The zero-order valence-corrected chi connectivity index (χ0v) is 9.81. The van der Waals surface area contributed by atoms with Crippen LogP contribution < -0.4 is 5.62 Å². The molecule has 0 saturated heterocycles. The van der Waals surface area contributed by atoms with Gasteiger partial charge in [0.05, 0.1) is 0 Å². The number of carbonyl (C=O) groups excluding carboxylic acids is 1. The molecular weight excluding hydrogens is 235 g/mol. The molecule has 90 valence electrons. The number of hydrogen-bond acceptors (Lipinski definition) is 4. The van der Waals surface area contributed by atoms with Crippen LogP contribution >= 0.6 is 0 Å². The van der Waals surface area contributed by atoms with Crippen molar-refractivity contribution in [2.45, 2.75) is 0 Å². The van der Waals surface area contributed by atoms with Crippen molar-refractivity contribution in [1.29, 1.82) is 0 Å². The van der Waals surface area contributed by atoms with Gasteiger partial charge in [0.25, 0.3) is 0 Å². The van der Waals surface area contributed by atoms with E-state index in [2.05, 4.69) is 15.1 Å². The van der Waals surface area contributed by atoms with Crippen molar-refractivity contribution in [3.05, 3.63) is 40.9 Å². The number of carbonyl (C=O) groups is 1. The molecule has 1 aromatic heterocycles. The van der Waals surface area contributed by atoms with Gasteiger partial charge in [-0.25, -0.2) is 14.1 Å². The Hall–Kier alpha value is -2.37. The first-order chi connectivity index (χ1) is 8.61. The lowest BCUT2D eigenvalue weighted by atomic mass is 10.1. The molecule has 1 aromatic carbocycles. The predicted molar refractivity (Wildman–Crippen MR) is 61.3 cm³/mol. The van der Waals surface area contributed by atoms with Gasteiger partial charge in [0.2, 0.25) is 11.4 Å². The van der Waals surface area contributed by atoms with Gasteiger partial charge in [0.15, 0.2) is 5.69 Å². The number of fused-ring (bicyclic) bond motifs is 3. The van der Waals surface area contributed by atoms with Crippen molar-refractivity contribution in [3.8, 4) is 11.3 Å². The van der Waals surface area contributed by atoms with Crippen LogP contribution in [0.5, 0.6) is 0 Å². The van der Waals surface area contributed by atoms with Crippen molar-refractivity contribution in [1.82, 2.24) is 14.8 Å². The maximum atomic E-state index is 13.2. The maximum absolute atomic E-state index is 13.2. The Kier molecular flexibility index (Phi) is 2.13. The second-order valence-corrected chi connectivity index (χ2v) is 3.98. The van der Waals surface area contributed by atoms with Crippen molar-refractivity contribution >= 4 is 5.78 Å². The molecule has 0 N–H and O–H groups in total. The Morgan fingerprint density at radius 2 is 2.06 bits per heavy atom. The third-order valence-corrected chi connectivity index (χ3v) is 2.87. The first-order valence-corrected chi connectivity index (χ1v) is 5.34. The normalized spacial score (nSPS) is 13.7. The molecule has 18 heavy (non-hydrogen) atoms. The number of benzene rings is 1. The van der Waals surface area contributed by atoms with Gasteiger partial charge in [-0.3, -0.25) is 9.79 Å². The van der Waals surface area contributed by atoms with E-state index >= 15 is 0 Å². The Balaban J connectivity index is 2.38. The van der Waals surface area contributed by atoms with E-state index in [-0.39, 0.29) is 11.5 Å². The van der Waals surface area contributed by atoms with Gasteiger partial charge in [-0.2, -0.15) is 5.10 Å². The monoisotopic (exact) mass is 244 g/mol. The lowest BCUT2D eigenvalue weighted by Crippen LogP contribution is -2.26. The van der Waals surface area contributed by atoms with Gasteiger partial charge in [0, 0.05) is 25.2 Å². The van der Waals surface area contributed by atoms with Gasteiger partial charge in [-0.05, 0) is 18.2 Å². The molecule has 0 amide bonds. The summed E-state index contributed by atoms with van der Waals surface area (Å²) in [5, 5.41) is 4.14. The van der Waals surface area contributed by atoms with Crippen LogP contribution in [-0.4, -0.2) is 27.6 Å². The van der Waals surface area contributed by atoms with E-state index in [4.69, 9.17) is 0 Å². The standard InChI is InChI=1S/C12H9FN4O/c1-14-12-15-9-7-4-3-6(13)5-8(7)11(18)10(9)16-17(12)2/h3-5H,1-2H3. The fraction of sp³-hybridized carbons (Fsp3) is 0.167. The molecule has 0 unspecified atom stereocenters. The lowest BCUT2D eigenvalue weighted by Gasteiger charge is -2.01. The van der Waals surface area contributed by atoms with Gasteiger partial charge in [-0.1, -0.05) is 0 Å². The summed E-state index contributed by atoms with van der Waals surface area (Å²) < 4.78 is 14.6. The van der Waals surface area contributed by atoms with E-state index in [1.165, 1.54) is 16.8 Å². The Labute approximate surface area is 102 Å². The summed E-state index contributed by atoms with van der Waals surface area (Å²) in [5.41, 5.74) is 2.03. The molecule has 2 aromatic rings. The molecule has 0 radical (unpaired) electrons. The minimum atomic E-state index is -0.445. The van der Waals surface area contributed by atoms with Crippen LogP contribution in [-0.2, 0) is 7.05 Å². The molecule has 0 saturated carbocycles. The number of nitrogens with zero attached hydrogens (tertiary/aromatic N) is 4. The number of aromatic nitrogens is 3. The summed E-state index contributed by atoms with van der Waals surface area (Å²) in [6.07, 6.45) is 0. The van der Waals surface area contributed by atoms with E-state index in [1.54, 1.807) is 20.2 Å². The number of hydrogen-bond donors (Lipinski definition) is 0. The molecule has 5 nitrogen and oxygen atoms in total. The first kappa shape index (κ1) is 10.8. The molecule has 0 atom stereocenters. The van der Waals surface area contributed by atoms with Crippen LogP contribution in [0.15, 0.2) is 23.2 Å². The number of halogens is 1. The third kappa shape index (κ3) is 1.32. The summed E-state index contributed by atoms with van der Waals surface area (Å²) in [5.74, 6) is -0.745. The van der Waals surface area contributed by atoms with E-state index in [0.29, 0.717) is 22.4 Å². The fourth-order valence-electron chi connectivity index (χ4n) is 2.04. The zero-order valence-electron chi connectivity index (χ0n) is 9.81. The van der Waals surface area contributed by atoms with Gasteiger partial charge >= 0.3 is 0 Å². The minimum absolute atomic E-state index is 0.241. The smallest absolute Gasteiger partial charge is 0.241 e. The summed E-state index contributed by atoms with van der Waals surface area (Å²) in [6.45, 7) is 0. The average Bonchev–Trinajstić information content (AvgIpc) is 2.62. The van der Waals surface area contributed by atoms with Crippen LogP contribution in [0.1, 0.15) is 16.1 Å². The molecule has 0 bridgehead atoms. The predicted octanol–water partition coefficient (Wildman–Crippen LogP) is 0.696. The van der Waals surface area contributed by atoms with Gasteiger partial charge in [0.1, 0.15) is 11.5 Å². The van der Waals surface area contributed by atoms with Crippen molar-refractivity contribution < 1.29 is 9.18 Å². The van der Waals surface area contributed by atoms with Crippen LogP contribution in [0.4, 0.5) is 4.39 Å². The summed E-state index contributed by atoms with van der Waals surface area (Å²) in [6, 6.07) is 4.06. The maximum Gasteiger partial charge on any atom is 0.241 e. The lowest BCUT2D eigenvalue weighted by molar-refractivity contribution is 0.103. The van der Waals surface area contributed by atoms with Crippen LogP contribution in [0.3, 0.4) is 0 Å². The second-order valence-electron chi connectivity index (χ2n) is 3.98. The Bertz CT molecular complexity index is 748. The molecule has 0 aliphatic heterocycles. The molecule has 6 heteroatoms. The summed E-state index contributed by atoms with van der Waals surface area (Å²) >= 11 is 0. The summed E-state index contributed by atoms with van der Waals surface area (Å²) in [7, 11) is 3.26. The van der Waals surface area contributed by atoms with Gasteiger partial charge < -0.3 is 0 Å². The third-order valence-electron chi connectivity index (χ3n) is 2.87. The number of ketones is 1. The zero-order chi connectivity index (χ0) is 12.9. The SMILES string of the molecule is CN=c1nc2c(nn1C)C(=O)c1cc(F)ccc1-2. The highest BCUT2D eigenvalue weighted by atomic mass is 19.1. The molecule has 1 heterocycles. The first-order valence-electron chi connectivity index (χ1n) is 5.34. The van der Waals surface area contributed by atoms with Crippen molar-refractivity contribution in [2.24, 2.45) is 12.0 Å². The molecule has 0 spiro atoms. The van der Waals surface area contributed by atoms with E-state index < -0.39 is 5.82 Å². The Morgan fingerprint density at radius 1 is 1.28 bits per heavy atom. The van der Waals surface area contributed by atoms with Crippen molar-refractivity contribution in [3.63, 3.8) is 0 Å². The number of aryl methyl sites for hydroxylation is 1. The molecule has 0 fully saturated rings. The average molecular weight is 244 g/mol. The highest BCUT2D eigenvalue weighted by molar-refractivity contribution is 6.19. The fourth-order valence-corrected chi connectivity index (χ4v) is 2.04. The van der Waals surface area contributed by atoms with Crippen molar-refractivity contribution in [2.75, 3.05) is 7.05 Å². The molecule has 3 rings (SSSR count). The van der Waals surface area contributed by atoms with Crippen LogP contribution in [0.25, 0.3) is 11.3 Å². The minimum Gasteiger partial charge on any atom is -0.287 e. The molecule has 1 aliphatic carbocycles. The van der Waals surface area contributed by atoms with Gasteiger partial charge in [-0.15, -0.1) is 0 Å². The van der Waals surface area contributed by atoms with E-state index in [0.717, 1.165) is 0 Å².